The number of ether oxygens (including phenoxy) is 1. The van der Waals surface area contributed by atoms with Gasteiger partial charge in [-0.3, -0.25) is 4.79 Å². The van der Waals surface area contributed by atoms with Crippen molar-refractivity contribution in [1.29, 1.82) is 0 Å². The van der Waals surface area contributed by atoms with E-state index < -0.39 is 0 Å². The lowest BCUT2D eigenvalue weighted by Crippen LogP contribution is -2.21. The summed E-state index contributed by atoms with van der Waals surface area (Å²) < 4.78 is 6.39. The third kappa shape index (κ3) is 4.38. The number of carbonyl (C=O) groups excluding carboxylic acids is 1. The first-order chi connectivity index (χ1) is 10.4. The first kappa shape index (κ1) is 17.1. The third-order valence-corrected chi connectivity index (χ3v) is 3.98. The Kier molecular flexibility index (Phi) is 5.73. The summed E-state index contributed by atoms with van der Waals surface area (Å²) in [5.74, 6) is 0.247. The Morgan fingerprint density at radius 1 is 1.18 bits per heavy atom. The van der Waals surface area contributed by atoms with E-state index in [-0.39, 0.29) is 12.5 Å². The second-order valence-electron chi connectivity index (χ2n) is 4.83. The van der Waals surface area contributed by atoms with Crippen LogP contribution in [0.2, 0.25) is 10.0 Å². The maximum absolute atomic E-state index is 12.0. The average molecular weight is 403 g/mol. The van der Waals surface area contributed by atoms with Crippen molar-refractivity contribution >= 4 is 50.7 Å². The lowest BCUT2D eigenvalue weighted by molar-refractivity contribution is -0.118. The molecule has 3 nitrogen and oxygen atoms in total. The molecule has 116 valence electrons. The quantitative estimate of drug-likeness (QED) is 0.744. The molecule has 6 heteroatoms. The van der Waals surface area contributed by atoms with Gasteiger partial charge in [-0.2, -0.15) is 0 Å². The molecule has 22 heavy (non-hydrogen) atoms. The highest BCUT2D eigenvalue weighted by Crippen LogP contribution is 2.32. The molecule has 2 aromatic carbocycles. The fraction of sp³-hybridized carbons (Fsp3) is 0.188. The molecule has 0 atom stereocenters. The summed E-state index contributed by atoms with van der Waals surface area (Å²) in [6.07, 6.45) is 0. The van der Waals surface area contributed by atoms with E-state index in [1.54, 1.807) is 24.3 Å². The van der Waals surface area contributed by atoms with E-state index in [0.717, 1.165) is 15.6 Å². The predicted octanol–water partition coefficient (Wildman–Crippen LogP) is 5.39. The van der Waals surface area contributed by atoms with Crippen LogP contribution in [0.1, 0.15) is 11.1 Å². The van der Waals surface area contributed by atoms with Crippen LogP contribution >= 0.6 is 39.1 Å². The van der Waals surface area contributed by atoms with E-state index in [1.807, 2.05) is 19.9 Å². The fourth-order valence-electron chi connectivity index (χ4n) is 1.96. The summed E-state index contributed by atoms with van der Waals surface area (Å²) in [5.41, 5.74) is 2.45. The van der Waals surface area contributed by atoms with Crippen LogP contribution in [0, 0.1) is 13.8 Å². The van der Waals surface area contributed by atoms with Crippen LogP contribution in [0.25, 0.3) is 0 Å². The van der Waals surface area contributed by atoms with Gasteiger partial charge in [0.25, 0.3) is 5.91 Å². The van der Waals surface area contributed by atoms with Gasteiger partial charge in [0.2, 0.25) is 0 Å². The lowest BCUT2D eigenvalue weighted by atomic mass is 10.2. The van der Waals surface area contributed by atoms with E-state index in [9.17, 15) is 4.79 Å². The molecule has 0 saturated heterocycles. The monoisotopic (exact) mass is 401 g/mol. The van der Waals surface area contributed by atoms with Crippen LogP contribution in [0.15, 0.2) is 34.8 Å². The highest BCUT2D eigenvalue weighted by molar-refractivity contribution is 9.10. The van der Waals surface area contributed by atoms with Crippen molar-refractivity contribution in [2.24, 2.45) is 0 Å². The minimum atomic E-state index is -0.260. The van der Waals surface area contributed by atoms with Gasteiger partial charge in [-0.15, -0.1) is 0 Å². The molecule has 0 spiro atoms. The van der Waals surface area contributed by atoms with Crippen LogP contribution in [-0.4, -0.2) is 12.5 Å². The van der Waals surface area contributed by atoms with Crippen LogP contribution in [-0.2, 0) is 4.79 Å². The number of carbonyl (C=O) groups is 1. The van der Waals surface area contributed by atoms with Gasteiger partial charge >= 0.3 is 0 Å². The summed E-state index contributed by atoms with van der Waals surface area (Å²) in [7, 11) is 0. The van der Waals surface area contributed by atoms with E-state index in [1.165, 1.54) is 0 Å². The smallest absolute Gasteiger partial charge is 0.262 e. The molecule has 1 N–H and O–H groups in total. The van der Waals surface area contributed by atoms with Crippen LogP contribution in [0.4, 0.5) is 5.69 Å². The molecule has 0 fully saturated rings. The number of rotatable bonds is 4. The minimum absolute atomic E-state index is 0.121. The Morgan fingerprint density at radius 3 is 2.55 bits per heavy atom. The number of nitrogens with one attached hydrogen (secondary N) is 1. The van der Waals surface area contributed by atoms with Crippen LogP contribution < -0.4 is 10.1 Å². The van der Waals surface area contributed by atoms with E-state index in [4.69, 9.17) is 27.9 Å². The van der Waals surface area contributed by atoms with Gasteiger partial charge in [0.15, 0.2) is 6.61 Å². The summed E-state index contributed by atoms with van der Waals surface area (Å²) in [6.45, 7) is 3.62. The van der Waals surface area contributed by atoms with Crippen molar-refractivity contribution in [3.63, 3.8) is 0 Å². The number of halogens is 3. The van der Waals surface area contributed by atoms with Gasteiger partial charge in [-0.25, -0.2) is 0 Å². The molecule has 0 aliphatic carbocycles. The molecule has 0 bridgehead atoms. The van der Waals surface area contributed by atoms with Gasteiger partial charge in [-0.05, 0) is 55.3 Å². The van der Waals surface area contributed by atoms with Crippen molar-refractivity contribution in [2.75, 3.05) is 11.9 Å². The van der Waals surface area contributed by atoms with E-state index >= 15 is 0 Å². The van der Waals surface area contributed by atoms with Crippen molar-refractivity contribution < 1.29 is 9.53 Å². The number of hydrogen-bond donors (Lipinski definition) is 1. The van der Waals surface area contributed by atoms with E-state index in [0.29, 0.717) is 21.5 Å². The highest BCUT2D eigenvalue weighted by atomic mass is 79.9. The van der Waals surface area contributed by atoms with Gasteiger partial charge in [0, 0.05) is 15.2 Å². The third-order valence-electron chi connectivity index (χ3n) is 3.00. The van der Waals surface area contributed by atoms with Gasteiger partial charge < -0.3 is 10.1 Å². The number of benzene rings is 2. The molecular formula is C16H14BrCl2NO2. The molecule has 0 aliphatic rings. The number of anilines is 1. The van der Waals surface area contributed by atoms with Gasteiger partial charge in [0.05, 0.1) is 5.02 Å². The predicted molar refractivity (Wildman–Crippen MR) is 94.2 cm³/mol. The van der Waals surface area contributed by atoms with Gasteiger partial charge in [0.1, 0.15) is 5.75 Å². The molecule has 0 aliphatic heterocycles. The first-order valence-electron chi connectivity index (χ1n) is 6.51. The van der Waals surface area contributed by atoms with Crippen molar-refractivity contribution in [3.8, 4) is 5.75 Å². The topological polar surface area (TPSA) is 38.3 Å². The molecule has 0 aromatic heterocycles. The Labute approximate surface area is 147 Å². The zero-order valence-electron chi connectivity index (χ0n) is 12.0. The summed E-state index contributed by atoms with van der Waals surface area (Å²) in [4.78, 5) is 12.0. The fourth-order valence-corrected chi connectivity index (χ4v) is 3.22. The molecule has 0 saturated carbocycles. The zero-order valence-corrected chi connectivity index (χ0v) is 15.1. The zero-order chi connectivity index (χ0) is 16.3. The molecule has 0 radical (unpaired) electrons. The lowest BCUT2D eigenvalue weighted by Gasteiger charge is -2.12. The average Bonchev–Trinajstić information content (AvgIpc) is 2.40. The molecule has 0 unspecified atom stereocenters. The summed E-state index contributed by atoms with van der Waals surface area (Å²) in [5, 5.41) is 3.87. The number of amides is 1. The first-order valence-corrected chi connectivity index (χ1v) is 8.06. The van der Waals surface area contributed by atoms with Crippen LogP contribution in [0.3, 0.4) is 0 Å². The molecule has 2 rings (SSSR count). The minimum Gasteiger partial charge on any atom is -0.482 e. The van der Waals surface area contributed by atoms with Crippen molar-refractivity contribution in [3.05, 3.63) is 56.0 Å². The highest BCUT2D eigenvalue weighted by Gasteiger charge is 2.11. The second kappa shape index (κ2) is 7.36. The normalized spacial score (nSPS) is 10.4. The standard InChI is InChI=1S/C16H14BrCl2NO2/c1-9-6-12(18)3-4-14(9)20-15(21)8-22-16-10(2)5-11(17)7-13(16)19/h3-7H,8H2,1-2H3,(H,20,21). The Hall–Kier alpha value is -1.23. The summed E-state index contributed by atoms with van der Waals surface area (Å²) >= 11 is 15.4. The van der Waals surface area contributed by atoms with E-state index in [2.05, 4.69) is 21.2 Å². The Bertz CT molecular complexity index is 696. The van der Waals surface area contributed by atoms with Crippen molar-refractivity contribution in [2.45, 2.75) is 13.8 Å². The number of aryl methyl sites for hydroxylation is 2. The largest absolute Gasteiger partial charge is 0.482 e. The number of hydrogen-bond acceptors (Lipinski definition) is 2. The maximum atomic E-state index is 12.0. The maximum Gasteiger partial charge on any atom is 0.262 e. The molecule has 2 aromatic rings. The summed E-state index contributed by atoms with van der Waals surface area (Å²) in [6, 6.07) is 8.87. The molecule has 0 heterocycles. The van der Waals surface area contributed by atoms with Crippen LogP contribution in [0.5, 0.6) is 5.75 Å². The van der Waals surface area contributed by atoms with Gasteiger partial charge in [-0.1, -0.05) is 39.1 Å². The SMILES string of the molecule is Cc1cc(Cl)ccc1NC(=O)COc1c(C)cc(Br)cc1Cl. The molecule has 1 amide bonds. The second-order valence-corrected chi connectivity index (χ2v) is 6.59. The Balaban J connectivity index is 2.02. The molecular weight excluding hydrogens is 389 g/mol. The van der Waals surface area contributed by atoms with Crippen molar-refractivity contribution in [1.82, 2.24) is 0 Å². The Morgan fingerprint density at radius 2 is 1.91 bits per heavy atom.